The zero-order valence-corrected chi connectivity index (χ0v) is 17.6. The van der Waals surface area contributed by atoms with Gasteiger partial charge >= 0.3 is 0 Å². The number of hydrogen-bond acceptors (Lipinski definition) is 10. The van der Waals surface area contributed by atoms with E-state index in [1.54, 1.807) is 3.82 Å². The number of rotatable bonds is 2. The molecule has 3 N–H and O–H groups in total. The zero-order valence-electron chi connectivity index (χ0n) is 12.8. The molecule has 2 aliphatic rings. The normalized spacial score (nSPS) is 20.3. The first-order valence-electron chi connectivity index (χ1n) is 7.14. The van der Waals surface area contributed by atoms with Crippen LogP contribution in [0, 0.1) is 0 Å². The third-order valence-electron chi connectivity index (χ3n) is 3.25. The predicted molar refractivity (Wildman–Crippen MR) is 117 cm³/mol. The summed E-state index contributed by atoms with van der Waals surface area (Å²) in [5.41, 5.74) is 3.72. The Morgan fingerprint density at radius 1 is 1.27 bits per heavy atom. The Bertz CT molecular complexity index is 943. The van der Waals surface area contributed by atoms with Crippen LogP contribution in [0.4, 0.5) is 0 Å². The Kier molecular flexibility index (Phi) is 6.18. The first-order valence-corrected chi connectivity index (χ1v) is 11.5. The molecule has 6 nitrogen and oxygen atoms in total. The third kappa shape index (κ3) is 4.11. The number of hydrogen-bond donors (Lipinski definition) is 3. The number of thiophene rings is 1. The average molecular weight is 460 g/mol. The Morgan fingerprint density at radius 2 is 2.15 bits per heavy atom. The highest BCUT2D eigenvalue weighted by atomic mass is 35.5. The van der Waals surface area contributed by atoms with Gasteiger partial charge in [-0.3, -0.25) is 10.2 Å². The van der Waals surface area contributed by atoms with Gasteiger partial charge in [0.25, 0.3) is 5.91 Å². The van der Waals surface area contributed by atoms with Crippen LogP contribution >= 0.6 is 71.3 Å². The topological polar surface area (TPSA) is 68.8 Å². The second-order valence-electron chi connectivity index (χ2n) is 4.85. The highest BCUT2D eigenvalue weighted by Gasteiger charge is 2.23. The number of benzene rings is 1. The second kappa shape index (κ2) is 8.59. The van der Waals surface area contributed by atoms with Crippen LogP contribution in [0.1, 0.15) is 9.67 Å². The van der Waals surface area contributed by atoms with E-state index in [1.165, 1.54) is 59.7 Å². The summed E-state index contributed by atoms with van der Waals surface area (Å²) < 4.78 is 13.0. The standard InChI is InChI=1S/C14H10ClN5OS5/c15-12-8-4-1-2-6-10(8)22-13(12)14(21)16-20-23-11-7-3-5-9(11)17-24-18-25-19-26-20/h1-7,18-19H,(H,16,21)/b17-9-. The molecule has 0 spiro atoms. The molecule has 0 fully saturated rings. The molecule has 1 aliphatic heterocycles. The number of carbonyl (C=O) groups is 1. The van der Waals surface area contributed by atoms with Crippen molar-refractivity contribution in [1.29, 1.82) is 0 Å². The summed E-state index contributed by atoms with van der Waals surface area (Å²) in [4.78, 5) is 14.2. The number of carbonyl (C=O) groups excluding carboxylic acids is 1. The smallest absolute Gasteiger partial charge is 0.267 e. The van der Waals surface area contributed by atoms with E-state index in [0.29, 0.717) is 9.90 Å². The molecule has 0 saturated heterocycles. The SMILES string of the molecule is O=C(NN1SNSNS/N=C2/C=CC=C2S1)c1sc2ccccc2c1Cl. The lowest BCUT2D eigenvalue weighted by Crippen LogP contribution is -2.34. The molecular formula is C14H10ClN5OS5. The van der Waals surface area contributed by atoms with Gasteiger partial charge in [0.15, 0.2) is 0 Å². The molecule has 1 aromatic carbocycles. The van der Waals surface area contributed by atoms with Crippen LogP contribution in [-0.4, -0.2) is 15.4 Å². The highest BCUT2D eigenvalue weighted by molar-refractivity contribution is 8.21. The fraction of sp³-hybridized carbons (Fsp3) is 0. The minimum Gasteiger partial charge on any atom is -0.267 e. The summed E-state index contributed by atoms with van der Waals surface area (Å²) >= 11 is 12.9. The summed E-state index contributed by atoms with van der Waals surface area (Å²) in [7, 11) is 0. The Balaban J connectivity index is 1.54. The van der Waals surface area contributed by atoms with Crippen LogP contribution in [0.2, 0.25) is 5.02 Å². The summed E-state index contributed by atoms with van der Waals surface area (Å²) in [5.74, 6) is -0.257. The van der Waals surface area contributed by atoms with Gasteiger partial charge in [0, 0.05) is 22.2 Å². The zero-order chi connectivity index (χ0) is 17.9. The van der Waals surface area contributed by atoms with Crippen LogP contribution < -0.4 is 13.7 Å². The van der Waals surface area contributed by atoms with Crippen molar-refractivity contribution in [2.75, 3.05) is 0 Å². The molecule has 2 aromatic rings. The number of halogens is 1. The van der Waals surface area contributed by atoms with Gasteiger partial charge in [0.05, 0.1) is 39.9 Å². The Hall–Kier alpha value is -0.630. The Morgan fingerprint density at radius 3 is 3.04 bits per heavy atom. The molecule has 134 valence electrons. The highest BCUT2D eigenvalue weighted by Crippen LogP contribution is 2.36. The van der Waals surface area contributed by atoms with E-state index in [0.717, 1.165) is 20.7 Å². The molecule has 0 unspecified atom stereocenters. The fourth-order valence-corrected chi connectivity index (χ4v) is 6.48. The maximum absolute atomic E-state index is 12.8. The molecule has 0 atom stereocenters. The van der Waals surface area contributed by atoms with Gasteiger partial charge < -0.3 is 0 Å². The quantitative estimate of drug-likeness (QED) is 0.546. The molecule has 1 aromatic heterocycles. The molecular weight excluding hydrogens is 450 g/mol. The predicted octanol–water partition coefficient (Wildman–Crippen LogP) is 4.93. The van der Waals surface area contributed by atoms with Gasteiger partial charge in [-0.2, -0.15) is 12.7 Å². The molecule has 26 heavy (non-hydrogen) atoms. The van der Waals surface area contributed by atoms with E-state index < -0.39 is 0 Å². The van der Waals surface area contributed by atoms with E-state index in [2.05, 4.69) is 18.1 Å². The van der Waals surface area contributed by atoms with E-state index in [1.807, 2.05) is 42.5 Å². The fourth-order valence-electron chi connectivity index (χ4n) is 2.15. The minimum absolute atomic E-state index is 0.257. The first kappa shape index (κ1) is 18.7. The molecule has 1 aliphatic carbocycles. The van der Waals surface area contributed by atoms with E-state index in [9.17, 15) is 4.79 Å². The second-order valence-corrected chi connectivity index (χ2v) is 9.95. The largest absolute Gasteiger partial charge is 0.278 e. The van der Waals surface area contributed by atoms with Gasteiger partial charge in [-0.05, 0) is 30.2 Å². The van der Waals surface area contributed by atoms with Gasteiger partial charge in [-0.15, -0.1) is 11.3 Å². The van der Waals surface area contributed by atoms with Crippen molar-refractivity contribution in [2.24, 2.45) is 4.40 Å². The molecule has 2 heterocycles. The molecule has 0 saturated carbocycles. The van der Waals surface area contributed by atoms with Crippen LogP contribution in [0.5, 0.6) is 0 Å². The third-order valence-corrected chi connectivity index (χ3v) is 7.98. The Labute approximate surface area is 176 Å². The van der Waals surface area contributed by atoms with Gasteiger partial charge in [0.2, 0.25) is 0 Å². The van der Waals surface area contributed by atoms with E-state index in [4.69, 9.17) is 11.6 Å². The summed E-state index contributed by atoms with van der Waals surface area (Å²) in [6.07, 6.45) is 5.79. The number of nitrogens with one attached hydrogen (secondary N) is 3. The number of fused-ring (bicyclic) bond motifs is 2. The number of allylic oxidation sites excluding steroid dienone is 4. The van der Waals surface area contributed by atoms with E-state index >= 15 is 0 Å². The molecule has 4 rings (SSSR count). The van der Waals surface area contributed by atoms with Crippen molar-refractivity contribution in [3.8, 4) is 0 Å². The lowest BCUT2D eigenvalue weighted by molar-refractivity contribution is 0.0927. The maximum atomic E-state index is 12.8. The summed E-state index contributed by atoms with van der Waals surface area (Å²) in [6.45, 7) is 0. The first-order chi connectivity index (χ1) is 12.7. The van der Waals surface area contributed by atoms with Crippen molar-refractivity contribution in [3.05, 3.63) is 57.3 Å². The lowest BCUT2D eigenvalue weighted by atomic mass is 10.2. The summed E-state index contributed by atoms with van der Waals surface area (Å²) in [5, 5.41) is 1.36. The molecule has 0 radical (unpaired) electrons. The van der Waals surface area contributed by atoms with Crippen molar-refractivity contribution in [1.82, 2.24) is 17.5 Å². The van der Waals surface area contributed by atoms with Gasteiger partial charge in [-0.25, -0.2) is 0 Å². The van der Waals surface area contributed by atoms with Crippen molar-refractivity contribution in [3.63, 3.8) is 0 Å². The van der Waals surface area contributed by atoms with Crippen LogP contribution in [-0.2, 0) is 0 Å². The van der Waals surface area contributed by atoms with Crippen molar-refractivity contribution in [2.45, 2.75) is 0 Å². The molecule has 12 heteroatoms. The van der Waals surface area contributed by atoms with Crippen molar-refractivity contribution >= 4 is 93.0 Å². The van der Waals surface area contributed by atoms with Gasteiger partial charge in [0.1, 0.15) is 4.88 Å². The van der Waals surface area contributed by atoms with Crippen LogP contribution in [0.15, 0.2) is 51.8 Å². The van der Waals surface area contributed by atoms with Crippen molar-refractivity contribution < 1.29 is 4.79 Å². The molecule has 1 amide bonds. The van der Waals surface area contributed by atoms with Gasteiger partial charge in [-0.1, -0.05) is 39.7 Å². The number of nitrogens with zero attached hydrogens (tertiary/aromatic N) is 2. The number of amides is 1. The van der Waals surface area contributed by atoms with Crippen LogP contribution in [0.3, 0.4) is 0 Å². The van der Waals surface area contributed by atoms with E-state index in [-0.39, 0.29) is 5.91 Å². The summed E-state index contributed by atoms with van der Waals surface area (Å²) in [6, 6.07) is 7.71. The average Bonchev–Trinajstić information content (AvgIpc) is 3.23. The monoisotopic (exact) mass is 459 g/mol. The minimum atomic E-state index is -0.257. The molecule has 0 bridgehead atoms. The number of hydrazine groups is 1. The maximum Gasteiger partial charge on any atom is 0.278 e. The van der Waals surface area contributed by atoms with Crippen LogP contribution in [0.25, 0.3) is 10.1 Å². The lowest BCUT2D eigenvalue weighted by Gasteiger charge is -2.21.